The molecule has 0 aliphatic carbocycles. The zero-order valence-electron chi connectivity index (χ0n) is 5.54. The molecule has 0 heterocycles. The van der Waals surface area contributed by atoms with Crippen molar-refractivity contribution in [1.82, 2.24) is 0 Å². The zero-order valence-corrected chi connectivity index (χ0v) is 7.25. The maximum atomic E-state index is 8.59. The summed E-state index contributed by atoms with van der Waals surface area (Å²) in [6, 6.07) is 0. The summed E-state index contributed by atoms with van der Waals surface area (Å²) in [5.41, 5.74) is 0. The number of hydrogen-bond acceptors (Lipinski definition) is 4. The van der Waals surface area contributed by atoms with E-state index >= 15 is 0 Å². The van der Waals surface area contributed by atoms with E-state index in [1.807, 2.05) is 0 Å². The van der Waals surface area contributed by atoms with E-state index < -0.39 is 13.4 Å². The molecule has 12 heteroatoms. The minimum atomic E-state index is -5.75. The second-order valence-electron chi connectivity index (χ2n) is 0.408. The Morgan fingerprint density at radius 1 is 0.583 bits per heavy atom. The summed E-state index contributed by atoms with van der Waals surface area (Å²) in [5.74, 6) is 0. The Morgan fingerprint density at radius 2 is 0.583 bits per heavy atom. The van der Waals surface area contributed by atoms with Crippen LogP contribution in [0.25, 0.3) is 0 Å². The first-order valence-corrected chi connectivity index (χ1v) is 3.46. The van der Waals surface area contributed by atoms with Gasteiger partial charge in [0.15, 0.2) is 0 Å². The monoisotopic (exact) mass is 270 g/mol. The third-order valence-electron chi connectivity index (χ3n) is 0. The fourth-order valence-electron chi connectivity index (χ4n) is 0. The number of rotatable bonds is 0. The van der Waals surface area contributed by atoms with Crippen molar-refractivity contribution in [3.05, 3.63) is 0 Å². The minimum absolute atomic E-state index is 0. The molecule has 12 heavy (non-hydrogen) atoms. The SMILES string of the molecule is O.O.O.O.O.O.O.O=[Se](=O)([O-])[O-]. The van der Waals surface area contributed by atoms with Gasteiger partial charge in [0.25, 0.3) is 0 Å². The van der Waals surface area contributed by atoms with Gasteiger partial charge < -0.3 is 38.3 Å². The number of hydrogen-bond donors (Lipinski definition) is 0. The van der Waals surface area contributed by atoms with E-state index in [0.717, 1.165) is 0 Å². The molecular formula is H14O11Se-2. The molecule has 0 unspecified atom stereocenters. The second kappa shape index (κ2) is 30.9. The van der Waals surface area contributed by atoms with Gasteiger partial charge in [-0.1, -0.05) is 0 Å². The summed E-state index contributed by atoms with van der Waals surface area (Å²) >= 11 is -5.75. The molecule has 14 N–H and O–H groups in total. The van der Waals surface area contributed by atoms with Crippen LogP contribution in [-0.4, -0.2) is 51.7 Å². The van der Waals surface area contributed by atoms with Crippen molar-refractivity contribution in [2.75, 3.05) is 0 Å². The molecular weight excluding hydrogens is 255 g/mol. The average molecular weight is 269 g/mol. The van der Waals surface area contributed by atoms with Gasteiger partial charge in [0.1, 0.15) is 0 Å². The van der Waals surface area contributed by atoms with Crippen molar-refractivity contribution >= 4 is 13.4 Å². The molecule has 0 aromatic carbocycles. The summed E-state index contributed by atoms with van der Waals surface area (Å²) < 4.78 is 34.4. The van der Waals surface area contributed by atoms with Crippen molar-refractivity contribution in [2.24, 2.45) is 0 Å². The van der Waals surface area contributed by atoms with Gasteiger partial charge in [-0.05, 0) is 0 Å². The Hall–Kier alpha value is -0.241. The molecule has 11 nitrogen and oxygen atoms in total. The Bertz CT molecular complexity index is 88.2. The first kappa shape index (κ1) is 96.3. The van der Waals surface area contributed by atoms with Gasteiger partial charge in [0.2, 0.25) is 0 Å². The molecule has 0 radical (unpaired) electrons. The molecule has 0 atom stereocenters. The molecule has 0 rings (SSSR count). The second-order valence-corrected chi connectivity index (χ2v) is 2.12. The molecule has 0 aliphatic heterocycles. The first-order chi connectivity index (χ1) is 2.00. The van der Waals surface area contributed by atoms with Crippen LogP contribution in [0, 0.1) is 0 Å². The first-order valence-electron chi connectivity index (χ1n) is 0.667. The maximum absolute atomic E-state index is 8.59. The van der Waals surface area contributed by atoms with Gasteiger partial charge in [-0.25, -0.2) is 0 Å². The van der Waals surface area contributed by atoms with Crippen molar-refractivity contribution in [3.63, 3.8) is 0 Å². The van der Waals surface area contributed by atoms with Crippen LogP contribution < -0.4 is 8.38 Å². The van der Waals surface area contributed by atoms with Crippen LogP contribution in [0.3, 0.4) is 0 Å². The van der Waals surface area contributed by atoms with Crippen molar-refractivity contribution in [2.45, 2.75) is 0 Å². The van der Waals surface area contributed by atoms with Crippen molar-refractivity contribution in [1.29, 1.82) is 0 Å². The van der Waals surface area contributed by atoms with E-state index in [1.165, 1.54) is 0 Å². The van der Waals surface area contributed by atoms with Gasteiger partial charge in [-0.2, -0.15) is 0 Å². The van der Waals surface area contributed by atoms with Crippen LogP contribution in [-0.2, 0) is 7.67 Å². The summed E-state index contributed by atoms with van der Waals surface area (Å²) in [6.07, 6.45) is 0. The van der Waals surface area contributed by atoms with Gasteiger partial charge in [0, 0.05) is 0 Å². The molecule has 0 bridgehead atoms. The zero-order chi connectivity index (χ0) is 4.50. The van der Waals surface area contributed by atoms with Crippen LogP contribution in [0.5, 0.6) is 0 Å². The molecule has 0 aliphatic rings. The molecule has 0 saturated heterocycles. The average Bonchev–Trinajstić information content (AvgIpc) is 0.722. The van der Waals surface area contributed by atoms with Gasteiger partial charge in [-0.15, -0.1) is 0 Å². The van der Waals surface area contributed by atoms with Crippen molar-refractivity contribution in [3.8, 4) is 0 Å². The normalized spacial score (nSPS) is 4.83. The third-order valence-corrected chi connectivity index (χ3v) is 0. The van der Waals surface area contributed by atoms with Crippen LogP contribution in [0.2, 0.25) is 0 Å². The molecule has 0 aromatic heterocycles. The Balaban J connectivity index is -0.00000000381. The van der Waals surface area contributed by atoms with Crippen LogP contribution >= 0.6 is 0 Å². The fraction of sp³-hybridized carbons (Fsp3) is 0. The molecule has 0 aromatic rings. The van der Waals surface area contributed by atoms with Crippen LogP contribution in [0.15, 0.2) is 0 Å². The van der Waals surface area contributed by atoms with E-state index in [9.17, 15) is 0 Å². The van der Waals surface area contributed by atoms with Gasteiger partial charge in [0.05, 0.1) is 0 Å². The van der Waals surface area contributed by atoms with Crippen molar-refractivity contribution < 1.29 is 54.4 Å². The Kier molecular flexibility index (Phi) is 248. The molecule has 0 amide bonds. The van der Waals surface area contributed by atoms with Gasteiger partial charge >= 0.3 is 29.4 Å². The molecule has 0 fully saturated rings. The summed E-state index contributed by atoms with van der Waals surface area (Å²) in [6.45, 7) is 0. The van der Waals surface area contributed by atoms with E-state index in [4.69, 9.17) is 16.0 Å². The quantitative estimate of drug-likeness (QED) is 0.386. The van der Waals surface area contributed by atoms with E-state index in [1.54, 1.807) is 0 Å². The molecule has 0 spiro atoms. The molecule has 0 saturated carbocycles. The summed E-state index contributed by atoms with van der Waals surface area (Å²) in [5, 5.41) is 0. The summed E-state index contributed by atoms with van der Waals surface area (Å²) in [4.78, 5) is 0. The van der Waals surface area contributed by atoms with Gasteiger partial charge in [-0.3, -0.25) is 0 Å². The standard InChI is InChI=1S/H2O4Se.7H2O/c1-5(2,3)4;;;;;;;/h(H2,1,2,3,4);7*1H2/p-2. The Labute approximate surface area is 68.7 Å². The third kappa shape index (κ3) is 12900. The van der Waals surface area contributed by atoms with Crippen LogP contribution in [0.1, 0.15) is 0 Å². The van der Waals surface area contributed by atoms with E-state index in [-0.39, 0.29) is 38.3 Å². The summed E-state index contributed by atoms with van der Waals surface area (Å²) in [7, 11) is 0. The predicted molar refractivity (Wildman–Crippen MR) is 32.4 cm³/mol. The Morgan fingerprint density at radius 3 is 0.583 bits per heavy atom. The van der Waals surface area contributed by atoms with E-state index in [2.05, 4.69) is 0 Å². The molecule has 88 valence electrons. The van der Waals surface area contributed by atoms with E-state index in [0.29, 0.717) is 0 Å². The van der Waals surface area contributed by atoms with Crippen LogP contribution in [0.4, 0.5) is 0 Å². The topological polar surface area (TPSA) is 301 Å². The fourth-order valence-corrected chi connectivity index (χ4v) is 0. The predicted octanol–water partition coefficient (Wildman–Crippen LogP) is -8.77.